The van der Waals surface area contributed by atoms with Crippen molar-refractivity contribution in [1.29, 1.82) is 0 Å². The number of carbonyl (C=O) groups is 1. The van der Waals surface area contributed by atoms with E-state index in [2.05, 4.69) is 10.3 Å². The zero-order valence-electron chi connectivity index (χ0n) is 12.3. The zero-order valence-corrected chi connectivity index (χ0v) is 12.3. The molecule has 2 heterocycles. The van der Waals surface area contributed by atoms with Crippen molar-refractivity contribution in [3.8, 4) is 11.3 Å². The average Bonchev–Trinajstić information content (AvgIpc) is 3.10. The van der Waals surface area contributed by atoms with E-state index < -0.39 is 0 Å². The number of nitrogens with zero attached hydrogens (tertiary/aromatic N) is 1. The van der Waals surface area contributed by atoms with Gasteiger partial charge in [0.2, 0.25) is 5.91 Å². The van der Waals surface area contributed by atoms with Crippen LogP contribution in [0, 0.1) is 5.82 Å². The first kappa shape index (κ1) is 15.0. The topological polar surface area (TPSA) is 55.1 Å². The molecule has 0 aliphatic heterocycles. The van der Waals surface area contributed by atoms with Gasteiger partial charge in [0.05, 0.1) is 12.7 Å². The second-order valence-electron chi connectivity index (χ2n) is 5.14. The van der Waals surface area contributed by atoms with Gasteiger partial charge in [-0.1, -0.05) is 12.1 Å². The molecule has 0 radical (unpaired) electrons. The summed E-state index contributed by atoms with van der Waals surface area (Å²) in [6.07, 6.45) is 5.23. The van der Waals surface area contributed by atoms with E-state index in [0.717, 1.165) is 22.5 Å². The van der Waals surface area contributed by atoms with Crippen molar-refractivity contribution in [1.82, 2.24) is 10.3 Å². The highest BCUT2D eigenvalue weighted by Crippen LogP contribution is 2.19. The number of hydrogen-bond donors (Lipinski definition) is 1. The van der Waals surface area contributed by atoms with E-state index in [9.17, 15) is 9.18 Å². The summed E-state index contributed by atoms with van der Waals surface area (Å²) in [6.45, 7) is 0.377. The molecule has 0 saturated carbocycles. The number of amides is 1. The van der Waals surface area contributed by atoms with Crippen LogP contribution in [0.25, 0.3) is 11.3 Å². The van der Waals surface area contributed by atoms with Gasteiger partial charge in [-0.05, 0) is 41.5 Å². The fourth-order valence-corrected chi connectivity index (χ4v) is 2.21. The van der Waals surface area contributed by atoms with Crippen LogP contribution < -0.4 is 5.32 Å². The lowest BCUT2D eigenvalue weighted by molar-refractivity contribution is -0.120. The van der Waals surface area contributed by atoms with Crippen LogP contribution in [-0.4, -0.2) is 10.9 Å². The molecule has 2 aromatic heterocycles. The van der Waals surface area contributed by atoms with Crippen molar-refractivity contribution >= 4 is 5.91 Å². The third kappa shape index (κ3) is 4.03. The van der Waals surface area contributed by atoms with E-state index >= 15 is 0 Å². The summed E-state index contributed by atoms with van der Waals surface area (Å²) in [4.78, 5) is 16.1. The number of aromatic nitrogens is 1. The normalized spacial score (nSPS) is 10.5. The molecule has 5 heteroatoms. The molecule has 0 saturated heterocycles. The highest BCUT2D eigenvalue weighted by Gasteiger charge is 2.06. The van der Waals surface area contributed by atoms with E-state index in [1.807, 2.05) is 18.2 Å². The third-order valence-electron chi connectivity index (χ3n) is 3.37. The Bertz CT molecular complexity index is 783. The Morgan fingerprint density at radius 3 is 2.70 bits per heavy atom. The first-order valence-electron chi connectivity index (χ1n) is 7.19. The summed E-state index contributed by atoms with van der Waals surface area (Å²) in [7, 11) is 0. The number of benzene rings is 1. The molecule has 0 spiro atoms. The molecule has 23 heavy (non-hydrogen) atoms. The Morgan fingerprint density at radius 1 is 1.13 bits per heavy atom. The number of carbonyl (C=O) groups excluding carboxylic acids is 1. The Morgan fingerprint density at radius 2 is 1.96 bits per heavy atom. The van der Waals surface area contributed by atoms with Gasteiger partial charge >= 0.3 is 0 Å². The molecule has 0 fully saturated rings. The smallest absolute Gasteiger partial charge is 0.224 e. The van der Waals surface area contributed by atoms with Crippen LogP contribution in [0.15, 0.2) is 65.5 Å². The van der Waals surface area contributed by atoms with E-state index in [1.165, 1.54) is 12.1 Å². The maximum absolute atomic E-state index is 12.8. The van der Waals surface area contributed by atoms with E-state index in [-0.39, 0.29) is 18.1 Å². The van der Waals surface area contributed by atoms with Gasteiger partial charge in [0.15, 0.2) is 0 Å². The van der Waals surface area contributed by atoms with Gasteiger partial charge < -0.3 is 9.73 Å². The zero-order chi connectivity index (χ0) is 16.1. The van der Waals surface area contributed by atoms with Crippen molar-refractivity contribution in [2.75, 3.05) is 0 Å². The molecule has 0 unspecified atom stereocenters. The number of nitrogens with one attached hydrogen (secondary N) is 1. The molecule has 4 nitrogen and oxygen atoms in total. The summed E-state index contributed by atoms with van der Waals surface area (Å²) in [5.74, 6) is 0.298. The molecule has 1 amide bonds. The quantitative estimate of drug-likeness (QED) is 0.786. The van der Waals surface area contributed by atoms with E-state index in [1.54, 1.807) is 30.8 Å². The Labute approximate surface area is 133 Å². The predicted octanol–water partition coefficient (Wildman–Crippen LogP) is 3.34. The molecular formula is C18H15FN2O2. The summed E-state index contributed by atoms with van der Waals surface area (Å²) in [5, 5.41) is 2.83. The second-order valence-corrected chi connectivity index (χ2v) is 5.14. The lowest BCUT2D eigenvalue weighted by atomic mass is 10.1. The molecule has 0 atom stereocenters. The highest BCUT2D eigenvalue weighted by molar-refractivity contribution is 5.78. The standard InChI is InChI=1S/C18H15FN2O2/c19-16-5-3-13(4-6-16)9-18(22)21-11-14-8-15(12-20-10-14)17-2-1-7-23-17/h1-8,10,12H,9,11H2,(H,21,22). The number of rotatable bonds is 5. The number of furan rings is 1. The minimum Gasteiger partial charge on any atom is -0.464 e. The molecule has 0 aliphatic rings. The van der Waals surface area contributed by atoms with Gasteiger partial charge in [0, 0.05) is 24.5 Å². The van der Waals surface area contributed by atoms with Gasteiger partial charge in [0.1, 0.15) is 11.6 Å². The Hall–Kier alpha value is -2.95. The minimum atomic E-state index is -0.310. The minimum absolute atomic E-state index is 0.125. The molecule has 3 rings (SSSR count). The van der Waals surface area contributed by atoms with Gasteiger partial charge in [-0.3, -0.25) is 9.78 Å². The predicted molar refractivity (Wildman–Crippen MR) is 83.9 cm³/mol. The van der Waals surface area contributed by atoms with E-state index in [4.69, 9.17) is 4.42 Å². The van der Waals surface area contributed by atoms with Crippen LogP contribution in [-0.2, 0) is 17.8 Å². The Kier molecular flexibility index (Phi) is 4.47. The lowest BCUT2D eigenvalue weighted by Gasteiger charge is -2.06. The van der Waals surface area contributed by atoms with Crippen LogP contribution in [0.1, 0.15) is 11.1 Å². The van der Waals surface area contributed by atoms with Crippen molar-refractivity contribution in [3.63, 3.8) is 0 Å². The van der Waals surface area contributed by atoms with Crippen molar-refractivity contribution in [2.45, 2.75) is 13.0 Å². The van der Waals surface area contributed by atoms with Crippen LogP contribution in [0.2, 0.25) is 0 Å². The van der Waals surface area contributed by atoms with Crippen molar-refractivity contribution in [3.05, 3.63) is 78.1 Å². The number of halogens is 1. The van der Waals surface area contributed by atoms with Gasteiger partial charge in [-0.2, -0.15) is 0 Å². The largest absolute Gasteiger partial charge is 0.464 e. The van der Waals surface area contributed by atoms with Crippen LogP contribution in [0.3, 0.4) is 0 Å². The van der Waals surface area contributed by atoms with Crippen molar-refractivity contribution in [2.24, 2.45) is 0 Å². The van der Waals surface area contributed by atoms with Crippen LogP contribution >= 0.6 is 0 Å². The fraction of sp³-hybridized carbons (Fsp3) is 0.111. The van der Waals surface area contributed by atoms with Crippen molar-refractivity contribution < 1.29 is 13.6 Å². The van der Waals surface area contributed by atoms with Crippen LogP contribution in [0.4, 0.5) is 4.39 Å². The molecule has 3 aromatic rings. The maximum atomic E-state index is 12.8. The molecule has 1 aromatic carbocycles. The average molecular weight is 310 g/mol. The van der Waals surface area contributed by atoms with Gasteiger partial charge in [-0.25, -0.2) is 4.39 Å². The fourth-order valence-electron chi connectivity index (χ4n) is 2.21. The molecule has 116 valence electrons. The first-order valence-corrected chi connectivity index (χ1v) is 7.19. The SMILES string of the molecule is O=C(Cc1ccc(F)cc1)NCc1cncc(-c2ccco2)c1. The lowest BCUT2D eigenvalue weighted by Crippen LogP contribution is -2.24. The first-order chi connectivity index (χ1) is 11.2. The highest BCUT2D eigenvalue weighted by atomic mass is 19.1. The van der Waals surface area contributed by atoms with Gasteiger partial charge in [0.25, 0.3) is 0 Å². The van der Waals surface area contributed by atoms with Gasteiger partial charge in [-0.15, -0.1) is 0 Å². The summed E-state index contributed by atoms with van der Waals surface area (Å²) >= 11 is 0. The summed E-state index contributed by atoms with van der Waals surface area (Å²) < 4.78 is 18.2. The van der Waals surface area contributed by atoms with E-state index in [0.29, 0.717) is 6.54 Å². The molecule has 0 aliphatic carbocycles. The number of pyridine rings is 1. The molecule has 1 N–H and O–H groups in total. The third-order valence-corrected chi connectivity index (χ3v) is 3.37. The van der Waals surface area contributed by atoms with Crippen LogP contribution in [0.5, 0.6) is 0 Å². The number of hydrogen-bond acceptors (Lipinski definition) is 3. The summed E-state index contributed by atoms with van der Waals surface area (Å²) in [6, 6.07) is 11.5. The Balaban J connectivity index is 1.58. The molecule has 0 bridgehead atoms. The summed E-state index contributed by atoms with van der Waals surface area (Å²) in [5.41, 5.74) is 2.51. The second kappa shape index (κ2) is 6.87. The maximum Gasteiger partial charge on any atom is 0.224 e. The monoisotopic (exact) mass is 310 g/mol. The molecular weight excluding hydrogens is 295 g/mol.